The van der Waals surface area contributed by atoms with Crippen LogP contribution >= 0.6 is 0 Å². The molecular formula is C18H24N2O6S. The number of hydrogen-bond donors (Lipinski definition) is 1. The summed E-state index contributed by atoms with van der Waals surface area (Å²) in [6, 6.07) is 4.30. The van der Waals surface area contributed by atoms with Crippen LogP contribution in [0.15, 0.2) is 23.1 Å². The summed E-state index contributed by atoms with van der Waals surface area (Å²) in [6.45, 7) is 2.05. The van der Waals surface area contributed by atoms with Gasteiger partial charge in [0, 0.05) is 19.0 Å². The first-order chi connectivity index (χ1) is 12.7. The van der Waals surface area contributed by atoms with Gasteiger partial charge in [0.15, 0.2) is 0 Å². The Hall–Kier alpha value is -2.29. The normalized spacial score (nSPS) is 22.0. The molecule has 0 bridgehead atoms. The summed E-state index contributed by atoms with van der Waals surface area (Å²) >= 11 is 0. The Kier molecular flexibility index (Phi) is 5.07. The Bertz CT molecular complexity index is 865. The lowest BCUT2D eigenvalue weighted by atomic mass is 9.85. The van der Waals surface area contributed by atoms with Gasteiger partial charge in [0.1, 0.15) is 21.9 Å². The lowest BCUT2D eigenvalue weighted by Gasteiger charge is -2.49. The van der Waals surface area contributed by atoms with Gasteiger partial charge in [-0.3, -0.25) is 9.59 Å². The van der Waals surface area contributed by atoms with Crippen molar-refractivity contribution in [2.45, 2.75) is 43.0 Å². The smallest absolute Gasteiger partial charge is 0.267 e. The minimum Gasteiger partial charge on any atom is -0.497 e. The molecule has 2 amide bonds. The molecule has 1 aliphatic carbocycles. The first-order valence-corrected chi connectivity index (χ1v) is 10.3. The topological polar surface area (TPSA) is 102 Å². The average Bonchev–Trinajstić information content (AvgIpc) is 3.42. The van der Waals surface area contributed by atoms with Crippen molar-refractivity contribution in [3.8, 4) is 11.5 Å². The number of rotatable bonds is 7. The highest BCUT2D eigenvalue weighted by molar-refractivity contribution is 7.90. The molecule has 1 saturated heterocycles. The molecule has 0 radical (unpaired) electrons. The Labute approximate surface area is 158 Å². The van der Waals surface area contributed by atoms with E-state index in [1.165, 1.54) is 31.3 Å². The fourth-order valence-corrected chi connectivity index (χ4v) is 4.42. The third-order valence-corrected chi connectivity index (χ3v) is 6.61. The van der Waals surface area contributed by atoms with Gasteiger partial charge in [0.25, 0.3) is 15.9 Å². The molecule has 1 heterocycles. The maximum atomic E-state index is 12.8. The Morgan fingerprint density at radius 2 is 1.96 bits per heavy atom. The predicted octanol–water partition coefficient (Wildman–Crippen LogP) is 1.30. The van der Waals surface area contributed by atoms with Crippen molar-refractivity contribution in [2.24, 2.45) is 5.92 Å². The van der Waals surface area contributed by atoms with Crippen molar-refractivity contribution >= 4 is 21.8 Å². The molecule has 1 aromatic rings. The number of likely N-dealkylation sites (tertiary alicyclic amines) is 1. The zero-order valence-corrected chi connectivity index (χ0v) is 16.5. The number of carbonyl (C=O) groups is 2. The summed E-state index contributed by atoms with van der Waals surface area (Å²) in [7, 11) is -1.44. The molecule has 27 heavy (non-hydrogen) atoms. The largest absolute Gasteiger partial charge is 0.497 e. The highest BCUT2D eigenvalue weighted by Crippen LogP contribution is 2.37. The predicted molar refractivity (Wildman–Crippen MR) is 97.0 cm³/mol. The summed E-state index contributed by atoms with van der Waals surface area (Å²) in [5, 5.41) is 0. The van der Waals surface area contributed by atoms with Crippen LogP contribution in [0.25, 0.3) is 0 Å². The van der Waals surface area contributed by atoms with Crippen LogP contribution in [-0.2, 0) is 19.6 Å². The summed E-state index contributed by atoms with van der Waals surface area (Å²) < 4.78 is 37.8. The second-order valence-corrected chi connectivity index (χ2v) is 8.82. The standard InChI is InChI=1S/C18H24N2O6S/c1-18(8-9-20(18)16(21)10-12-4-5-12)17(22)19-27(23,24)15-11-13(25-2)6-7-14(15)26-3/h6-7,11-12H,4-5,8-10H2,1-3H3,(H,19,22). The first kappa shape index (κ1) is 19.5. The Balaban J connectivity index is 1.79. The lowest BCUT2D eigenvalue weighted by molar-refractivity contribution is -0.156. The maximum absolute atomic E-state index is 12.8. The summed E-state index contributed by atoms with van der Waals surface area (Å²) in [4.78, 5) is 26.4. The molecule has 8 nitrogen and oxygen atoms in total. The number of nitrogens with zero attached hydrogens (tertiary/aromatic N) is 1. The van der Waals surface area contributed by atoms with Crippen molar-refractivity contribution in [3.05, 3.63) is 18.2 Å². The van der Waals surface area contributed by atoms with Gasteiger partial charge in [0.05, 0.1) is 14.2 Å². The summed E-state index contributed by atoms with van der Waals surface area (Å²) in [5.41, 5.74) is -1.16. The van der Waals surface area contributed by atoms with Crippen molar-refractivity contribution < 1.29 is 27.5 Å². The molecule has 0 aromatic heterocycles. The van der Waals surface area contributed by atoms with Crippen LogP contribution in [0, 0.1) is 5.92 Å². The third kappa shape index (κ3) is 3.73. The first-order valence-electron chi connectivity index (χ1n) is 8.81. The highest BCUT2D eigenvalue weighted by atomic mass is 32.2. The minimum absolute atomic E-state index is 0.0940. The van der Waals surface area contributed by atoms with E-state index in [1.54, 1.807) is 13.0 Å². The van der Waals surface area contributed by atoms with Crippen LogP contribution in [0.4, 0.5) is 0 Å². The van der Waals surface area contributed by atoms with Crippen molar-refractivity contribution in [3.63, 3.8) is 0 Å². The van der Waals surface area contributed by atoms with Crippen LogP contribution in [0.3, 0.4) is 0 Å². The zero-order valence-electron chi connectivity index (χ0n) is 15.6. The molecule has 2 aliphatic rings. The third-order valence-electron chi connectivity index (χ3n) is 5.26. The van der Waals surface area contributed by atoms with Gasteiger partial charge in [-0.15, -0.1) is 0 Å². The summed E-state index contributed by atoms with van der Waals surface area (Å²) in [5.74, 6) is -0.00744. The van der Waals surface area contributed by atoms with Gasteiger partial charge in [0.2, 0.25) is 5.91 Å². The van der Waals surface area contributed by atoms with E-state index in [0.29, 0.717) is 31.1 Å². The second kappa shape index (κ2) is 7.03. The highest BCUT2D eigenvalue weighted by Gasteiger charge is 2.51. The number of carbonyl (C=O) groups excluding carboxylic acids is 2. The number of nitrogens with one attached hydrogen (secondary N) is 1. The van der Waals surface area contributed by atoms with Crippen LogP contribution in [0.2, 0.25) is 0 Å². The van der Waals surface area contributed by atoms with Crippen molar-refractivity contribution in [1.29, 1.82) is 0 Å². The zero-order chi connectivity index (χ0) is 19.8. The molecule has 1 N–H and O–H groups in total. The van der Waals surface area contributed by atoms with E-state index < -0.39 is 21.5 Å². The number of ether oxygens (including phenoxy) is 2. The van der Waals surface area contributed by atoms with Gasteiger partial charge in [-0.05, 0) is 44.2 Å². The molecule has 1 aromatic carbocycles. The van der Waals surface area contributed by atoms with Crippen molar-refractivity contribution in [2.75, 3.05) is 20.8 Å². The number of hydrogen-bond acceptors (Lipinski definition) is 6. The van der Waals surface area contributed by atoms with E-state index >= 15 is 0 Å². The number of benzene rings is 1. The van der Waals surface area contributed by atoms with Crippen LogP contribution in [0.5, 0.6) is 11.5 Å². The number of sulfonamides is 1. The molecule has 148 valence electrons. The molecule has 9 heteroatoms. The Morgan fingerprint density at radius 1 is 1.26 bits per heavy atom. The lowest BCUT2D eigenvalue weighted by Crippen LogP contribution is -2.67. The fourth-order valence-electron chi connectivity index (χ4n) is 3.16. The van der Waals surface area contributed by atoms with E-state index in [1.807, 2.05) is 0 Å². The molecule has 1 unspecified atom stereocenters. The SMILES string of the molecule is COc1ccc(OC)c(S(=O)(=O)NC(=O)C2(C)CCN2C(=O)CC2CC2)c1. The van der Waals surface area contributed by atoms with Gasteiger partial charge < -0.3 is 14.4 Å². The van der Waals surface area contributed by atoms with Crippen molar-refractivity contribution in [1.82, 2.24) is 9.62 Å². The van der Waals surface area contributed by atoms with Gasteiger partial charge >= 0.3 is 0 Å². The number of methoxy groups -OCH3 is 2. The maximum Gasteiger partial charge on any atom is 0.267 e. The average molecular weight is 396 g/mol. The van der Waals surface area contributed by atoms with E-state index in [9.17, 15) is 18.0 Å². The molecule has 1 saturated carbocycles. The Morgan fingerprint density at radius 3 is 2.48 bits per heavy atom. The van der Waals surface area contributed by atoms with E-state index in [2.05, 4.69) is 4.72 Å². The quantitative estimate of drug-likeness (QED) is 0.745. The van der Waals surface area contributed by atoms with E-state index in [0.717, 1.165) is 12.8 Å². The van der Waals surface area contributed by atoms with Gasteiger partial charge in [-0.1, -0.05) is 0 Å². The fraction of sp³-hybridized carbons (Fsp3) is 0.556. The molecule has 0 spiro atoms. The van der Waals surface area contributed by atoms with E-state index in [4.69, 9.17) is 9.47 Å². The van der Waals surface area contributed by atoms with Gasteiger partial charge in [-0.25, -0.2) is 13.1 Å². The van der Waals surface area contributed by atoms with Crippen LogP contribution in [-0.4, -0.2) is 51.4 Å². The van der Waals surface area contributed by atoms with Crippen LogP contribution < -0.4 is 14.2 Å². The molecular weight excluding hydrogens is 372 g/mol. The monoisotopic (exact) mass is 396 g/mol. The minimum atomic E-state index is -4.20. The van der Waals surface area contributed by atoms with Gasteiger partial charge in [-0.2, -0.15) is 0 Å². The molecule has 1 atom stereocenters. The van der Waals surface area contributed by atoms with E-state index in [-0.39, 0.29) is 16.6 Å². The molecule has 3 rings (SSSR count). The second-order valence-electron chi connectivity index (χ2n) is 7.17. The summed E-state index contributed by atoms with van der Waals surface area (Å²) in [6.07, 6.45) is 2.90. The number of amides is 2. The molecule has 1 aliphatic heterocycles. The molecule has 2 fully saturated rings. The van der Waals surface area contributed by atoms with Crippen LogP contribution in [0.1, 0.15) is 32.6 Å².